The molecule has 0 saturated heterocycles. The van der Waals surface area contributed by atoms with Gasteiger partial charge in [0.1, 0.15) is 5.75 Å². The molecule has 2 heterocycles. The molecule has 0 fully saturated rings. The third-order valence-electron chi connectivity index (χ3n) is 3.67. The second-order valence-electron chi connectivity index (χ2n) is 5.02. The number of carbonyl (C=O) groups is 1. The summed E-state index contributed by atoms with van der Waals surface area (Å²) in [5.74, 6) is -0.238. The molecule has 1 aliphatic carbocycles. The molecule has 6 nitrogen and oxygen atoms in total. The summed E-state index contributed by atoms with van der Waals surface area (Å²) in [5, 5.41) is 16.6. The highest BCUT2D eigenvalue weighted by molar-refractivity contribution is 5.94. The molecule has 20 heavy (non-hydrogen) atoms. The third-order valence-corrected chi connectivity index (χ3v) is 3.67. The fourth-order valence-electron chi connectivity index (χ4n) is 2.65. The molecule has 6 heteroatoms. The van der Waals surface area contributed by atoms with Crippen molar-refractivity contribution in [2.75, 3.05) is 0 Å². The summed E-state index contributed by atoms with van der Waals surface area (Å²) in [6.45, 7) is 0. The lowest BCUT2D eigenvalue weighted by atomic mass is 9.93. The first kappa shape index (κ1) is 12.7. The molecule has 1 aliphatic rings. The van der Waals surface area contributed by atoms with Gasteiger partial charge in [-0.3, -0.25) is 14.5 Å². The molecule has 1 amide bonds. The Morgan fingerprint density at radius 2 is 2.30 bits per heavy atom. The number of hydrogen-bond acceptors (Lipinski definition) is 4. The minimum atomic E-state index is -0.227. The first-order chi connectivity index (χ1) is 9.65. The maximum Gasteiger partial charge on any atom is 0.253 e. The maximum absolute atomic E-state index is 12.2. The van der Waals surface area contributed by atoms with Crippen LogP contribution in [0.5, 0.6) is 5.75 Å². The van der Waals surface area contributed by atoms with Gasteiger partial charge in [0.2, 0.25) is 0 Å². The second-order valence-corrected chi connectivity index (χ2v) is 5.02. The number of pyridine rings is 1. The highest BCUT2D eigenvalue weighted by Crippen LogP contribution is 2.29. The molecule has 0 radical (unpaired) electrons. The minimum Gasteiger partial charge on any atom is -0.506 e. The smallest absolute Gasteiger partial charge is 0.253 e. The lowest BCUT2D eigenvalue weighted by Gasteiger charge is -2.23. The lowest BCUT2D eigenvalue weighted by molar-refractivity contribution is 0.0932. The Morgan fingerprint density at radius 3 is 3.10 bits per heavy atom. The van der Waals surface area contributed by atoms with Gasteiger partial charge in [-0.05, 0) is 25.3 Å². The molecule has 0 bridgehead atoms. The number of carbonyl (C=O) groups excluding carboxylic acids is 1. The van der Waals surface area contributed by atoms with E-state index in [0.29, 0.717) is 5.56 Å². The van der Waals surface area contributed by atoms with Gasteiger partial charge in [0.25, 0.3) is 5.91 Å². The van der Waals surface area contributed by atoms with E-state index in [4.69, 9.17) is 0 Å². The van der Waals surface area contributed by atoms with Gasteiger partial charge < -0.3 is 10.4 Å². The Balaban J connectivity index is 1.80. The van der Waals surface area contributed by atoms with E-state index in [-0.39, 0.29) is 17.7 Å². The Kier molecular flexibility index (Phi) is 3.14. The van der Waals surface area contributed by atoms with Crippen LogP contribution in [-0.4, -0.2) is 25.8 Å². The number of nitrogens with zero attached hydrogens (tertiary/aromatic N) is 3. The number of aromatic nitrogens is 3. The van der Waals surface area contributed by atoms with Crippen LogP contribution < -0.4 is 5.32 Å². The molecule has 0 spiro atoms. The van der Waals surface area contributed by atoms with Crippen molar-refractivity contribution in [3.05, 3.63) is 41.5 Å². The van der Waals surface area contributed by atoms with E-state index in [0.717, 1.165) is 24.8 Å². The van der Waals surface area contributed by atoms with Gasteiger partial charge in [0.05, 0.1) is 24.0 Å². The van der Waals surface area contributed by atoms with Crippen molar-refractivity contribution in [3.8, 4) is 5.75 Å². The Bertz CT molecular complexity index is 650. The van der Waals surface area contributed by atoms with Crippen LogP contribution in [0, 0.1) is 0 Å². The van der Waals surface area contributed by atoms with E-state index >= 15 is 0 Å². The van der Waals surface area contributed by atoms with Crippen LogP contribution >= 0.6 is 0 Å². The summed E-state index contributed by atoms with van der Waals surface area (Å²) >= 11 is 0. The fourth-order valence-corrected chi connectivity index (χ4v) is 2.65. The van der Waals surface area contributed by atoms with Gasteiger partial charge in [-0.25, -0.2) is 0 Å². The zero-order valence-corrected chi connectivity index (χ0v) is 11.2. The van der Waals surface area contributed by atoms with Gasteiger partial charge in [0, 0.05) is 24.5 Å². The molecule has 0 aromatic carbocycles. The van der Waals surface area contributed by atoms with Gasteiger partial charge >= 0.3 is 0 Å². The van der Waals surface area contributed by atoms with Crippen molar-refractivity contribution in [1.29, 1.82) is 0 Å². The van der Waals surface area contributed by atoms with Gasteiger partial charge in [-0.1, -0.05) is 0 Å². The zero-order chi connectivity index (χ0) is 14.1. The highest BCUT2D eigenvalue weighted by atomic mass is 16.3. The highest BCUT2D eigenvalue weighted by Gasteiger charge is 2.25. The molecular formula is C14H16N4O2. The second kappa shape index (κ2) is 4.96. The SMILES string of the molecule is Cn1ncc2c1CCCC2NC(=O)c1cncc(O)c1. The zero-order valence-electron chi connectivity index (χ0n) is 11.2. The monoisotopic (exact) mass is 272 g/mol. The molecular weight excluding hydrogens is 256 g/mol. The van der Waals surface area contributed by atoms with Crippen molar-refractivity contribution in [3.63, 3.8) is 0 Å². The Hall–Kier alpha value is -2.37. The van der Waals surface area contributed by atoms with E-state index in [1.54, 1.807) is 0 Å². The fraction of sp³-hybridized carbons (Fsp3) is 0.357. The number of aromatic hydroxyl groups is 1. The van der Waals surface area contributed by atoms with E-state index in [2.05, 4.69) is 15.4 Å². The summed E-state index contributed by atoms with van der Waals surface area (Å²) in [6.07, 6.45) is 7.48. The van der Waals surface area contributed by atoms with Crippen LogP contribution in [0.3, 0.4) is 0 Å². The van der Waals surface area contributed by atoms with Crippen molar-refractivity contribution >= 4 is 5.91 Å². The van der Waals surface area contributed by atoms with E-state index in [1.165, 1.54) is 24.2 Å². The summed E-state index contributed by atoms with van der Waals surface area (Å²) in [5.41, 5.74) is 2.62. The van der Waals surface area contributed by atoms with Crippen LogP contribution in [0.15, 0.2) is 24.7 Å². The normalized spacial score (nSPS) is 17.6. The number of amides is 1. The lowest BCUT2D eigenvalue weighted by Crippen LogP contribution is -2.31. The van der Waals surface area contributed by atoms with Crippen molar-refractivity contribution in [2.24, 2.45) is 7.05 Å². The molecule has 2 aromatic heterocycles. The standard InChI is InChI=1S/C14H16N4O2/c1-18-13-4-2-3-12(11(13)8-16-18)17-14(20)9-5-10(19)7-15-6-9/h5-8,12,19H,2-4H2,1H3,(H,17,20). The molecule has 0 saturated carbocycles. The van der Waals surface area contributed by atoms with Gasteiger partial charge in [-0.2, -0.15) is 5.10 Å². The summed E-state index contributed by atoms with van der Waals surface area (Å²) < 4.78 is 1.86. The minimum absolute atomic E-state index is 0.0108. The molecule has 2 N–H and O–H groups in total. The van der Waals surface area contributed by atoms with Crippen molar-refractivity contribution in [1.82, 2.24) is 20.1 Å². The quantitative estimate of drug-likeness (QED) is 0.864. The molecule has 104 valence electrons. The van der Waals surface area contributed by atoms with E-state index < -0.39 is 0 Å². The Labute approximate surface area is 116 Å². The number of fused-ring (bicyclic) bond motifs is 1. The van der Waals surface area contributed by atoms with Crippen LogP contribution in [0.2, 0.25) is 0 Å². The summed E-state index contributed by atoms with van der Waals surface area (Å²) in [6, 6.07) is 1.39. The Morgan fingerprint density at radius 1 is 1.45 bits per heavy atom. The number of nitrogens with one attached hydrogen (secondary N) is 1. The summed E-state index contributed by atoms with van der Waals surface area (Å²) in [7, 11) is 1.92. The van der Waals surface area contributed by atoms with Crippen molar-refractivity contribution < 1.29 is 9.90 Å². The first-order valence-corrected chi connectivity index (χ1v) is 6.61. The van der Waals surface area contributed by atoms with Crippen LogP contribution in [0.4, 0.5) is 0 Å². The third kappa shape index (κ3) is 2.24. The topological polar surface area (TPSA) is 80.0 Å². The van der Waals surface area contributed by atoms with Gasteiger partial charge in [0.15, 0.2) is 0 Å². The number of hydrogen-bond donors (Lipinski definition) is 2. The van der Waals surface area contributed by atoms with Crippen LogP contribution in [0.25, 0.3) is 0 Å². The van der Waals surface area contributed by atoms with Crippen LogP contribution in [0.1, 0.15) is 40.5 Å². The number of aryl methyl sites for hydroxylation is 1. The molecule has 3 rings (SSSR count). The average Bonchev–Trinajstić information content (AvgIpc) is 2.82. The van der Waals surface area contributed by atoms with E-state index in [1.807, 2.05) is 17.9 Å². The maximum atomic E-state index is 12.2. The van der Waals surface area contributed by atoms with E-state index in [9.17, 15) is 9.90 Å². The molecule has 2 aromatic rings. The first-order valence-electron chi connectivity index (χ1n) is 6.61. The average molecular weight is 272 g/mol. The summed E-state index contributed by atoms with van der Waals surface area (Å²) in [4.78, 5) is 16.0. The van der Waals surface area contributed by atoms with Crippen molar-refractivity contribution in [2.45, 2.75) is 25.3 Å². The molecule has 1 unspecified atom stereocenters. The predicted molar refractivity (Wildman–Crippen MR) is 72.3 cm³/mol. The van der Waals surface area contributed by atoms with Gasteiger partial charge in [-0.15, -0.1) is 0 Å². The van der Waals surface area contributed by atoms with Crippen LogP contribution in [-0.2, 0) is 13.5 Å². The molecule has 0 aliphatic heterocycles. The molecule has 1 atom stereocenters. The predicted octanol–water partition coefficient (Wildman–Crippen LogP) is 1.33. The number of rotatable bonds is 2. The largest absolute Gasteiger partial charge is 0.506 e.